The van der Waals surface area contributed by atoms with Crippen LogP contribution in [-0.4, -0.2) is 54.6 Å². The van der Waals surface area contributed by atoms with Crippen molar-refractivity contribution >= 4 is 44.7 Å². The summed E-state index contributed by atoms with van der Waals surface area (Å²) in [5.41, 5.74) is 1.67. The average molecular weight is 663 g/mol. The molecule has 1 saturated heterocycles. The zero-order valence-corrected chi connectivity index (χ0v) is 25.8. The highest BCUT2D eigenvalue weighted by molar-refractivity contribution is 7.90. The van der Waals surface area contributed by atoms with E-state index >= 15 is 0 Å². The number of hydrogen-bond donors (Lipinski definition) is 1. The summed E-state index contributed by atoms with van der Waals surface area (Å²) in [6.07, 6.45) is -3.26. The van der Waals surface area contributed by atoms with Gasteiger partial charge in [-0.25, -0.2) is 22.9 Å². The lowest BCUT2D eigenvalue weighted by Crippen LogP contribution is -2.31. The molecule has 1 N–H and O–H groups in total. The summed E-state index contributed by atoms with van der Waals surface area (Å²) < 4.78 is 74.1. The Morgan fingerprint density at radius 2 is 1.67 bits per heavy atom. The van der Waals surface area contributed by atoms with Crippen LogP contribution in [0.4, 0.5) is 18.0 Å². The number of rotatable bonds is 9. The zero-order valence-electron chi connectivity index (χ0n) is 24.2. The van der Waals surface area contributed by atoms with Gasteiger partial charge in [-0.05, 0) is 61.7 Å². The maximum absolute atomic E-state index is 13.6. The Bertz CT molecular complexity index is 1820. The summed E-state index contributed by atoms with van der Waals surface area (Å²) in [6.45, 7) is 3.08. The molecule has 238 valence electrons. The van der Waals surface area contributed by atoms with E-state index in [1.165, 1.54) is 18.2 Å². The van der Waals surface area contributed by atoms with Crippen molar-refractivity contribution in [3.8, 4) is 5.69 Å². The minimum atomic E-state index is -4.66. The molecule has 0 aliphatic carbocycles. The maximum atomic E-state index is 13.6. The number of carbonyl (C=O) groups excluding carboxylic acids is 2. The SMILES string of the molecule is Cc1ccc(S(=O)(=O)NC(=O)OCCc2ccc(-n3c(CCC(=O)N4CCCC4)nc4cc(C(F)(F)F)c(Cl)cc43)cc2)cc1. The number of benzene rings is 3. The molecular formula is C31H30ClF3N4O5S. The van der Waals surface area contributed by atoms with Crippen molar-refractivity contribution in [3.63, 3.8) is 0 Å². The minimum absolute atomic E-state index is 0.0360. The Balaban J connectivity index is 1.30. The number of imidazole rings is 1. The molecule has 3 aromatic carbocycles. The second-order valence-electron chi connectivity index (χ2n) is 10.7. The van der Waals surface area contributed by atoms with Gasteiger partial charge in [0.2, 0.25) is 5.91 Å². The fourth-order valence-electron chi connectivity index (χ4n) is 5.15. The number of amides is 2. The number of nitrogens with zero attached hydrogens (tertiary/aromatic N) is 3. The zero-order chi connectivity index (χ0) is 32.4. The fourth-order valence-corrected chi connectivity index (χ4v) is 6.31. The third kappa shape index (κ3) is 7.59. The monoisotopic (exact) mass is 662 g/mol. The van der Waals surface area contributed by atoms with Crippen molar-refractivity contribution in [1.82, 2.24) is 19.2 Å². The van der Waals surface area contributed by atoms with Crippen LogP contribution in [0.1, 0.15) is 41.8 Å². The van der Waals surface area contributed by atoms with Gasteiger partial charge in [0, 0.05) is 38.0 Å². The van der Waals surface area contributed by atoms with Crippen LogP contribution in [0.25, 0.3) is 16.7 Å². The first-order valence-electron chi connectivity index (χ1n) is 14.2. The van der Waals surface area contributed by atoms with Crippen molar-refractivity contribution in [2.24, 2.45) is 0 Å². The van der Waals surface area contributed by atoms with Gasteiger partial charge in [0.05, 0.1) is 33.1 Å². The number of sulfonamides is 1. The second kappa shape index (κ2) is 13.1. The standard InChI is InChI=1S/C31H30ClF3N4O5S/c1-20-4-10-23(11-5-20)45(42,43)37-30(41)44-17-14-21-6-8-22(9-7-21)39-27-19-25(32)24(31(33,34)35)18-26(27)36-28(39)12-13-29(40)38-15-2-3-16-38/h4-11,18-19H,2-3,12-17H2,1H3,(H,37,41). The molecule has 1 aliphatic heterocycles. The van der Waals surface area contributed by atoms with Crippen LogP contribution in [0.5, 0.6) is 0 Å². The van der Waals surface area contributed by atoms with Crippen LogP contribution in [0.15, 0.2) is 65.6 Å². The highest BCUT2D eigenvalue weighted by Gasteiger charge is 2.34. The molecular weight excluding hydrogens is 633 g/mol. The van der Waals surface area contributed by atoms with E-state index < -0.39 is 32.9 Å². The topological polar surface area (TPSA) is 111 Å². The first-order valence-corrected chi connectivity index (χ1v) is 16.1. The molecule has 1 aliphatic rings. The third-order valence-electron chi connectivity index (χ3n) is 7.51. The van der Waals surface area contributed by atoms with E-state index in [2.05, 4.69) is 4.98 Å². The van der Waals surface area contributed by atoms with E-state index in [0.29, 0.717) is 30.1 Å². The summed E-state index contributed by atoms with van der Waals surface area (Å²) in [7, 11) is -4.08. The van der Waals surface area contributed by atoms with E-state index in [1.54, 1.807) is 45.9 Å². The molecule has 14 heteroatoms. The highest BCUT2D eigenvalue weighted by atomic mass is 35.5. The molecule has 2 amide bonds. The molecule has 0 bridgehead atoms. The van der Waals surface area contributed by atoms with Crippen LogP contribution in [0.2, 0.25) is 5.02 Å². The van der Waals surface area contributed by atoms with E-state index in [0.717, 1.165) is 30.0 Å². The first-order chi connectivity index (χ1) is 21.3. The summed E-state index contributed by atoms with van der Waals surface area (Å²) in [5, 5.41) is -0.465. The normalized spacial score (nSPS) is 13.8. The lowest BCUT2D eigenvalue weighted by molar-refractivity contribution is -0.137. The van der Waals surface area contributed by atoms with Gasteiger partial charge in [-0.15, -0.1) is 0 Å². The third-order valence-corrected chi connectivity index (χ3v) is 9.15. The van der Waals surface area contributed by atoms with Crippen LogP contribution in [0.3, 0.4) is 0 Å². The number of hydrogen-bond acceptors (Lipinski definition) is 6. The van der Waals surface area contributed by atoms with Gasteiger partial charge in [-0.3, -0.25) is 9.36 Å². The van der Waals surface area contributed by atoms with Crippen LogP contribution in [-0.2, 0) is 38.6 Å². The molecule has 1 fully saturated rings. The Morgan fingerprint density at radius 1 is 1.00 bits per heavy atom. The lowest BCUT2D eigenvalue weighted by Gasteiger charge is -2.15. The summed E-state index contributed by atoms with van der Waals surface area (Å²) in [4.78, 5) is 31.0. The average Bonchev–Trinajstić information content (AvgIpc) is 3.64. The molecule has 5 rings (SSSR count). The summed E-state index contributed by atoms with van der Waals surface area (Å²) in [6, 6.07) is 15.1. The van der Waals surface area contributed by atoms with Crippen molar-refractivity contribution in [2.75, 3.05) is 19.7 Å². The summed E-state index contributed by atoms with van der Waals surface area (Å²) in [5.74, 6) is 0.377. The summed E-state index contributed by atoms with van der Waals surface area (Å²) >= 11 is 6.05. The molecule has 0 spiro atoms. The molecule has 0 atom stereocenters. The molecule has 9 nitrogen and oxygen atoms in total. The highest BCUT2D eigenvalue weighted by Crippen LogP contribution is 2.38. The predicted octanol–water partition coefficient (Wildman–Crippen LogP) is 6.22. The van der Waals surface area contributed by atoms with Gasteiger partial charge < -0.3 is 9.64 Å². The van der Waals surface area contributed by atoms with Gasteiger partial charge in [-0.1, -0.05) is 41.4 Å². The molecule has 45 heavy (non-hydrogen) atoms. The first kappa shape index (κ1) is 32.3. The molecule has 4 aromatic rings. The number of alkyl halides is 3. The Kier molecular flexibility index (Phi) is 9.40. The van der Waals surface area contributed by atoms with Gasteiger partial charge in [0.25, 0.3) is 10.0 Å². The number of aryl methyl sites for hydroxylation is 2. The molecule has 0 radical (unpaired) electrons. The Hall–Kier alpha value is -4.10. The lowest BCUT2D eigenvalue weighted by atomic mass is 10.1. The molecule has 2 heterocycles. The van der Waals surface area contributed by atoms with E-state index in [-0.39, 0.29) is 42.2 Å². The number of halogens is 4. The van der Waals surface area contributed by atoms with Gasteiger partial charge >= 0.3 is 12.3 Å². The van der Waals surface area contributed by atoms with Gasteiger partial charge in [-0.2, -0.15) is 13.2 Å². The molecule has 1 aromatic heterocycles. The maximum Gasteiger partial charge on any atom is 0.421 e. The second-order valence-corrected chi connectivity index (χ2v) is 12.8. The van der Waals surface area contributed by atoms with Crippen molar-refractivity contribution in [3.05, 3.63) is 88.2 Å². The number of ether oxygens (including phenoxy) is 1. The number of likely N-dealkylation sites (tertiary alicyclic amines) is 1. The molecule has 0 saturated carbocycles. The van der Waals surface area contributed by atoms with Crippen LogP contribution < -0.4 is 4.72 Å². The van der Waals surface area contributed by atoms with Gasteiger partial charge in [0.1, 0.15) is 5.82 Å². The predicted molar refractivity (Wildman–Crippen MR) is 162 cm³/mol. The van der Waals surface area contributed by atoms with Crippen molar-refractivity contribution in [1.29, 1.82) is 0 Å². The minimum Gasteiger partial charge on any atom is -0.448 e. The van der Waals surface area contributed by atoms with Crippen molar-refractivity contribution < 1.29 is 35.9 Å². The van der Waals surface area contributed by atoms with Crippen LogP contribution in [0, 0.1) is 6.92 Å². The number of nitrogens with one attached hydrogen (secondary N) is 1. The van der Waals surface area contributed by atoms with Crippen LogP contribution >= 0.6 is 11.6 Å². The van der Waals surface area contributed by atoms with Gasteiger partial charge in [0.15, 0.2) is 0 Å². The molecule has 0 unspecified atom stereocenters. The van der Waals surface area contributed by atoms with E-state index in [9.17, 15) is 31.2 Å². The number of fused-ring (bicyclic) bond motifs is 1. The Labute approximate surface area is 263 Å². The van der Waals surface area contributed by atoms with E-state index in [1.807, 2.05) is 11.6 Å². The Morgan fingerprint density at radius 3 is 2.31 bits per heavy atom. The largest absolute Gasteiger partial charge is 0.448 e. The number of aromatic nitrogens is 2. The number of carbonyl (C=O) groups is 2. The van der Waals surface area contributed by atoms with Crippen molar-refractivity contribution in [2.45, 2.75) is 50.1 Å². The quantitative estimate of drug-likeness (QED) is 0.228. The smallest absolute Gasteiger partial charge is 0.421 e. The van der Waals surface area contributed by atoms with E-state index in [4.69, 9.17) is 16.3 Å². The fraction of sp³-hybridized carbons (Fsp3) is 0.323.